The Balaban J connectivity index is 1.73. The molecule has 0 aliphatic carbocycles. The van der Waals surface area contributed by atoms with E-state index in [0.29, 0.717) is 0 Å². The van der Waals surface area contributed by atoms with Crippen molar-refractivity contribution in [1.29, 1.82) is 0 Å². The zero-order chi connectivity index (χ0) is 14.2. The Hall–Kier alpha value is -3.15. The number of fused-ring (bicyclic) bond motifs is 1. The molecular weight excluding hydrogens is 266 g/mol. The molecular formula is C15H13N5O. The minimum Gasteiger partial charge on any atom is -0.508 e. The van der Waals surface area contributed by atoms with Gasteiger partial charge in [0.2, 0.25) is 0 Å². The lowest BCUT2D eigenvalue weighted by atomic mass is 10.2. The van der Waals surface area contributed by atoms with Gasteiger partial charge in [-0.05, 0) is 35.7 Å². The Morgan fingerprint density at radius 1 is 1.00 bits per heavy atom. The molecule has 3 aromatic rings. The summed E-state index contributed by atoms with van der Waals surface area (Å²) in [5.74, 6) is 0.215. The van der Waals surface area contributed by atoms with Crippen molar-refractivity contribution in [1.82, 2.24) is 10.5 Å². The number of aromatic hydroxyl groups is 1. The minimum atomic E-state index is 0.215. The smallest absolute Gasteiger partial charge is 0.139 e. The van der Waals surface area contributed by atoms with Crippen LogP contribution < -0.4 is 15.7 Å². The Kier molecular flexibility index (Phi) is 2.47. The third-order valence-corrected chi connectivity index (χ3v) is 3.41. The molecule has 0 atom stereocenters. The average molecular weight is 279 g/mol. The lowest BCUT2D eigenvalue weighted by Gasteiger charge is -2.28. The molecule has 1 aliphatic heterocycles. The number of hydrogen-bond acceptors (Lipinski definition) is 5. The number of nitrogens with one attached hydrogen (secondary N) is 2. The third kappa shape index (κ3) is 1.93. The van der Waals surface area contributed by atoms with Crippen LogP contribution in [0.5, 0.6) is 5.75 Å². The molecule has 0 fully saturated rings. The maximum Gasteiger partial charge on any atom is 0.139 e. The Morgan fingerprint density at radius 3 is 2.86 bits per heavy atom. The number of rotatable bonds is 2. The van der Waals surface area contributed by atoms with Gasteiger partial charge in [0.25, 0.3) is 0 Å². The van der Waals surface area contributed by atoms with Crippen LogP contribution in [-0.2, 0) is 0 Å². The molecule has 0 radical (unpaired) electrons. The molecule has 1 aromatic heterocycles. The number of H-pyrrole nitrogens is 1. The van der Waals surface area contributed by atoms with Crippen molar-refractivity contribution in [2.75, 3.05) is 10.1 Å². The third-order valence-electron chi connectivity index (χ3n) is 3.41. The minimum absolute atomic E-state index is 0.215. The van der Waals surface area contributed by atoms with Crippen molar-refractivity contribution in [3.63, 3.8) is 0 Å². The molecule has 0 amide bonds. The monoisotopic (exact) mass is 279 g/mol. The van der Waals surface area contributed by atoms with Crippen molar-refractivity contribution in [2.24, 2.45) is 5.10 Å². The molecule has 0 unspecified atom stereocenters. The Morgan fingerprint density at radius 2 is 1.95 bits per heavy atom. The highest BCUT2D eigenvalue weighted by Crippen LogP contribution is 2.27. The first-order valence-corrected chi connectivity index (χ1v) is 6.55. The molecule has 6 nitrogen and oxygen atoms in total. The van der Waals surface area contributed by atoms with Gasteiger partial charge in [0.05, 0.1) is 11.4 Å². The van der Waals surface area contributed by atoms with Gasteiger partial charge in [-0.15, -0.1) is 5.10 Å². The average Bonchev–Trinajstić information content (AvgIpc) is 3.15. The summed E-state index contributed by atoms with van der Waals surface area (Å²) in [6.45, 7) is 0. The topological polar surface area (TPSA) is 66.9 Å². The van der Waals surface area contributed by atoms with Gasteiger partial charge in [0.15, 0.2) is 0 Å². The number of aromatic amines is 1. The maximum absolute atomic E-state index is 9.63. The van der Waals surface area contributed by atoms with Gasteiger partial charge in [0, 0.05) is 17.8 Å². The summed E-state index contributed by atoms with van der Waals surface area (Å²) in [7, 11) is 0. The van der Waals surface area contributed by atoms with E-state index in [-0.39, 0.29) is 5.75 Å². The van der Waals surface area contributed by atoms with Gasteiger partial charge in [-0.3, -0.25) is 0 Å². The van der Waals surface area contributed by atoms with Crippen LogP contribution in [0.2, 0.25) is 0 Å². The summed E-state index contributed by atoms with van der Waals surface area (Å²) in [6, 6.07) is 15.1. The number of aromatic nitrogens is 1. The van der Waals surface area contributed by atoms with E-state index in [4.69, 9.17) is 0 Å². The van der Waals surface area contributed by atoms with Crippen molar-refractivity contribution in [3.8, 4) is 5.75 Å². The Labute approximate surface area is 120 Å². The number of hydrazone groups is 1. The zero-order valence-electron chi connectivity index (χ0n) is 11.1. The van der Waals surface area contributed by atoms with Crippen molar-refractivity contribution in [2.45, 2.75) is 0 Å². The second-order valence-corrected chi connectivity index (χ2v) is 4.77. The molecule has 4 rings (SSSR count). The number of hydrazine groups is 2. The first-order chi connectivity index (χ1) is 10.3. The molecule has 0 saturated carbocycles. The van der Waals surface area contributed by atoms with Crippen LogP contribution in [0, 0.1) is 0 Å². The van der Waals surface area contributed by atoms with Crippen molar-refractivity contribution >= 4 is 28.6 Å². The van der Waals surface area contributed by atoms with Crippen LogP contribution in [0.1, 0.15) is 0 Å². The number of phenols is 1. The van der Waals surface area contributed by atoms with Crippen LogP contribution >= 0.6 is 0 Å². The fourth-order valence-electron chi connectivity index (χ4n) is 2.40. The largest absolute Gasteiger partial charge is 0.508 e. The van der Waals surface area contributed by atoms with E-state index < -0.39 is 0 Å². The van der Waals surface area contributed by atoms with Crippen LogP contribution in [0.3, 0.4) is 0 Å². The van der Waals surface area contributed by atoms with E-state index in [1.807, 2.05) is 41.5 Å². The van der Waals surface area contributed by atoms with Gasteiger partial charge in [0.1, 0.15) is 12.1 Å². The highest BCUT2D eigenvalue weighted by atomic mass is 16.3. The van der Waals surface area contributed by atoms with Gasteiger partial charge in [-0.2, -0.15) is 10.7 Å². The summed E-state index contributed by atoms with van der Waals surface area (Å²) in [4.78, 5) is 3.19. The molecule has 21 heavy (non-hydrogen) atoms. The van der Waals surface area contributed by atoms with E-state index in [9.17, 15) is 5.11 Å². The van der Waals surface area contributed by atoms with E-state index >= 15 is 0 Å². The number of phenolic OH excluding ortho intramolecular Hbond substituents is 1. The maximum atomic E-state index is 9.63. The molecule has 1 aliphatic rings. The standard InChI is InChI=1S/C15H13N5O/c21-14-3-1-2-12(8-14)19-10-17-18-20(19)13-5-4-11-6-7-16-15(11)9-13/h1-10,16,18,21H. The second kappa shape index (κ2) is 4.45. The summed E-state index contributed by atoms with van der Waals surface area (Å²) >= 11 is 0. The quantitative estimate of drug-likeness (QED) is 0.674. The van der Waals surface area contributed by atoms with Crippen LogP contribution in [-0.4, -0.2) is 16.4 Å². The van der Waals surface area contributed by atoms with E-state index in [1.165, 1.54) is 0 Å². The lowest BCUT2D eigenvalue weighted by molar-refractivity contribution is 0.475. The highest BCUT2D eigenvalue weighted by Gasteiger charge is 2.20. The number of anilines is 2. The second-order valence-electron chi connectivity index (χ2n) is 4.77. The summed E-state index contributed by atoms with van der Waals surface area (Å²) < 4.78 is 0. The van der Waals surface area contributed by atoms with E-state index in [2.05, 4.69) is 15.6 Å². The van der Waals surface area contributed by atoms with Gasteiger partial charge >= 0.3 is 0 Å². The molecule has 0 bridgehead atoms. The van der Waals surface area contributed by atoms with Crippen molar-refractivity contribution < 1.29 is 5.11 Å². The predicted octanol–water partition coefficient (Wildman–Crippen LogP) is 2.56. The molecule has 6 heteroatoms. The molecule has 2 heterocycles. The molecule has 0 saturated heterocycles. The normalized spacial score (nSPS) is 13.9. The SMILES string of the molecule is Oc1cccc(N2C=NNN2c2ccc3cc[nH]c3c2)c1. The first kappa shape index (κ1) is 11.7. The van der Waals surface area contributed by atoms with Gasteiger partial charge in [-0.25, -0.2) is 5.01 Å². The number of hydrogen-bond donors (Lipinski definition) is 3. The first-order valence-electron chi connectivity index (χ1n) is 6.55. The fourth-order valence-corrected chi connectivity index (χ4v) is 2.40. The molecule has 104 valence electrons. The number of benzene rings is 2. The summed E-state index contributed by atoms with van der Waals surface area (Å²) in [5.41, 5.74) is 5.73. The molecule has 0 spiro atoms. The highest BCUT2D eigenvalue weighted by molar-refractivity contribution is 5.88. The predicted molar refractivity (Wildman–Crippen MR) is 83.0 cm³/mol. The fraction of sp³-hybridized carbons (Fsp3) is 0. The van der Waals surface area contributed by atoms with Gasteiger partial charge < -0.3 is 10.1 Å². The summed E-state index contributed by atoms with van der Waals surface area (Å²) in [5, 5.41) is 18.5. The van der Waals surface area contributed by atoms with E-state index in [1.54, 1.807) is 29.7 Å². The van der Waals surface area contributed by atoms with Gasteiger partial charge in [-0.1, -0.05) is 12.1 Å². The molecule has 2 aromatic carbocycles. The van der Waals surface area contributed by atoms with Crippen LogP contribution in [0.15, 0.2) is 59.8 Å². The lowest BCUT2D eigenvalue weighted by Crippen LogP contribution is -2.43. The molecule has 3 N–H and O–H groups in total. The van der Waals surface area contributed by atoms with E-state index in [0.717, 1.165) is 22.3 Å². The zero-order valence-corrected chi connectivity index (χ0v) is 11.1. The van der Waals surface area contributed by atoms with Crippen LogP contribution in [0.4, 0.5) is 11.4 Å². The Bertz CT molecular complexity index is 826. The summed E-state index contributed by atoms with van der Waals surface area (Å²) in [6.07, 6.45) is 3.57. The van der Waals surface area contributed by atoms with Crippen molar-refractivity contribution in [3.05, 3.63) is 54.7 Å². The number of nitrogens with zero attached hydrogens (tertiary/aromatic N) is 3. The van der Waals surface area contributed by atoms with Crippen LogP contribution in [0.25, 0.3) is 10.9 Å².